The molecule has 0 saturated carbocycles. The van der Waals surface area contributed by atoms with Crippen molar-refractivity contribution in [2.75, 3.05) is 4.72 Å². The molecule has 0 spiro atoms. The summed E-state index contributed by atoms with van der Waals surface area (Å²) < 4.78 is 28.3. The molecule has 0 amide bonds. The van der Waals surface area contributed by atoms with Gasteiger partial charge in [0.25, 0.3) is 10.0 Å². The number of fused-ring (bicyclic) bond motifs is 1. The quantitative estimate of drug-likeness (QED) is 0.710. The number of rotatable bonds is 3. The molecule has 112 valence electrons. The molecule has 0 atom stereocenters. The highest BCUT2D eigenvalue weighted by atomic mass is 79.9. The third kappa shape index (κ3) is 2.95. The van der Waals surface area contributed by atoms with Crippen molar-refractivity contribution < 1.29 is 8.42 Å². The van der Waals surface area contributed by atoms with Crippen molar-refractivity contribution in [3.8, 4) is 0 Å². The molecule has 0 aliphatic rings. The van der Waals surface area contributed by atoms with Gasteiger partial charge >= 0.3 is 0 Å². The van der Waals surface area contributed by atoms with Gasteiger partial charge in [-0.15, -0.1) is 0 Å². The zero-order valence-electron chi connectivity index (χ0n) is 11.1. The molecule has 1 heterocycles. The Morgan fingerprint density at radius 3 is 2.64 bits per heavy atom. The minimum absolute atomic E-state index is 0.0188. The maximum Gasteiger partial charge on any atom is 0.263 e. The molecule has 7 heteroatoms. The summed E-state index contributed by atoms with van der Waals surface area (Å²) in [6.45, 7) is 0. The lowest BCUT2D eigenvalue weighted by Crippen LogP contribution is -2.14. The lowest BCUT2D eigenvalue weighted by molar-refractivity contribution is 0.601. The Hall–Kier alpha value is -1.63. The standard InChI is InChI=1S/C15H10BrClN2O2S/c16-11-6-7-14(12(17)9-11)22(20,21)19-13-5-1-3-10-4-2-8-18-15(10)13/h1-9,19H. The van der Waals surface area contributed by atoms with Crippen LogP contribution in [0.2, 0.25) is 5.02 Å². The van der Waals surface area contributed by atoms with Crippen molar-refractivity contribution in [3.05, 3.63) is 64.2 Å². The number of benzene rings is 2. The second-order valence-electron chi connectivity index (χ2n) is 4.56. The number of nitrogens with zero attached hydrogens (tertiary/aromatic N) is 1. The lowest BCUT2D eigenvalue weighted by atomic mass is 10.2. The van der Waals surface area contributed by atoms with Gasteiger partial charge in [0, 0.05) is 16.1 Å². The van der Waals surface area contributed by atoms with Crippen molar-refractivity contribution in [2.45, 2.75) is 4.90 Å². The molecule has 3 rings (SSSR count). The van der Waals surface area contributed by atoms with E-state index in [1.165, 1.54) is 12.1 Å². The summed E-state index contributed by atoms with van der Waals surface area (Å²) >= 11 is 9.29. The number of hydrogen-bond donors (Lipinski definition) is 1. The van der Waals surface area contributed by atoms with E-state index in [-0.39, 0.29) is 9.92 Å². The van der Waals surface area contributed by atoms with Crippen LogP contribution in [-0.4, -0.2) is 13.4 Å². The second kappa shape index (κ2) is 5.87. The zero-order valence-corrected chi connectivity index (χ0v) is 14.3. The number of pyridine rings is 1. The van der Waals surface area contributed by atoms with Gasteiger partial charge in [-0.25, -0.2) is 8.42 Å². The molecule has 0 radical (unpaired) electrons. The molecule has 0 saturated heterocycles. The monoisotopic (exact) mass is 396 g/mol. The van der Waals surface area contributed by atoms with Gasteiger partial charge in [-0.2, -0.15) is 0 Å². The highest BCUT2D eigenvalue weighted by Gasteiger charge is 2.19. The van der Waals surface area contributed by atoms with E-state index in [9.17, 15) is 8.42 Å². The van der Waals surface area contributed by atoms with Crippen LogP contribution in [0.15, 0.2) is 64.1 Å². The van der Waals surface area contributed by atoms with Crippen LogP contribution < -0.4 is 4.72 Å². The number of hydrogen-bond acceptors (Lipinski definition) is 3. The van der Waals surface area contributed by atoms with Gasteiger partial charge in [-0.3, -0.25) is 9.71 Å². The second-order valence-corrected chi connectivity index (χ2v) is 7.53. The average molecular weight is 398 g/mol. The Bertz CT molecular complexity index is 955. The van der Waals surface area contributed by atoms with Crippen LogP contribution in [0.25, 0.3) is 10.9 Å². The maximum atomic E-state index is 12.5. The predicted octanol–water partition coefficient (Wildman–Crippen LogP) is 4.45. The SMILES string of the molecule is O=S(=O)(Nc1cccc2cccnc12)c1ccc(Br)cc1Cl. The lowest BCUT2D eigenvalue weighted by Gasteiger charge is -2.11. The Balaban J connectivity index is 2.07. The molecule has 1 aromatic heterocycles. The summed E-state index contributed by atoms with van der Waals surface area (Å²) in [5.74, 6) is 0. The number of sulfonamides is 1. The first-order valence-corrected chi connectivity index (χ1v) is 8.94. The third-order valence-electron chi connectivity index (χ3n) is 3.06. The van der Waals surface area contributed by atoms with Gasteiger partial charge in [0.1, 0.15) is 4.90 Å². The molecule has 0 fully saturated rings. The Morgan fingerprint density at radius 2 is 1.86 bits per heavy atom. The highest BCUT2D eigenvalue weighted by Crippen LogP contribution is 2.28. The van der Waals surface area contributed by atoms with Crippen LogP contribution in [0.5, 0.6) is 0 Å². The first kappa shape index (κ1) is 15.3. The minimum atomic E-state index is -3.80. The highest BCUT2D eigenvalue weighted by molar-refractivity contribution is 9.10. The average Bonchev–Trinajstić information content (AvgIpc) is 2.47. The van der Waals surface area contributed by atoms with E-state index in [2.05, 4.69) is 25.6 Å². The molecule has 4 nitrogen and oxygen atoms in total. The van der Waals surface area contributed by atoms with Gasteiger partial charge in [0.15, 0.2) is 0 Å². The van der Waals surface area contributed by atoms with E-state index in [0.717, 1.165) is 5.39 Å². The van der Waals surface area contributed by atoms with Crippen LogP contribution >= 0.6 is 27.5 Å². The molecule has 1 N–H and O–H groups in total. The fourth-order valence-corrected chi connectivity index (χ4v) is 4.18. The van der Waals surface area contributed by atoms with Gasteiger partial charge in [0.05, 0.1) is 16.2 Å². The maximum absolute atomic E-state index is 12.5. The molecule has 2 aromatic carbocycles. The topological polar surface area (TPSA) is 59.1 Å². The zero-order chi connectivity index (χ0) is 15.7. The minimum Gasteiger partial charge on any atom is -0.277 e. The van der Waals surface area contributed by atoms with Crippen molar-refractivity contribution in [1.29, 1.82) is 0 Å². The fourth-order valence-electron chi connectivity index (χ4n) is 2.08. The Morgan fingerprint density at radius 1 is 1.09 bits per heavy atom. The largest absolute Gasteiger partial charge is 0.277 e. The molecule has 0 aliphatic carbocycles. The summed E-state index contributed by atoms with van der Waals surface area (Å²) in [4.78, 5) is 4.25. The predicted molar refractivity (Wildman–Crippen MR) is 91.7 cm³/mol. The van der Waals surface area contributed by atoms with Crippen molar-refractivity contribution in [3.63, 3.8) is 0 Å². The van der Waals surface area contributed by atoms with Crippen LogP contribution in [0, 0.1) is 0 Å². The number of halogens is 2. The van der Waals surface area contributed by atoms with Crippen molar-refractivity contribution >= 4 is 54.1 Å². The van der Waals surface area contributed by atoms with Crippen LogP contribution in [-0.2, 0) is 10.0 Å². The Labute approximate surface area is 141 Å². The molecule has 0 bridgehead atoms. The summed E-state index contributed by atoms with van der Waals surface area (Å²) in [7, 11) is -3.80. The van der Waals surface area contributed by atoms with Crippen molar-refractivity contribution in [1.82, 2.24) is 4.98 Å². The smallest absolute Gasteiger partial charge is 0.263 e. The molecule has 0 unspecified atom stereocenters. The normalized spacial score (nSPS) is 11.5. The van der Waals surface area contributed by atoms with Crippen molar-refractivity contribution in [2.24, 2.45) is 0 Å². The third-order valence-corrected chi connectivity index (χ3v) is 5.40. The molecular weight excluding hydrogens is 388 g/mol. The van der Waals surface area contributed by atoms with Crippen LogP contribution in [0.3, 0.4) is 0 Å². The van der Waals surface area contributed by atoms with Crippen LogP contribution in [0.4, 0.5) is 5.69 Å². The van der Waals surface area contributed by atoms with E-state index in [4.69, 9.17) is 11.6 Å². The van der Waals surface area contributed by atoms with Gasteiger partial charge in [-0.1, -0.05) is 45.7 Å². The first-order chi connectivity index (χ1) is 10.5. The first-order valence-electron chi connectivity index (χ1n) is 6.29. The summed E-state index contributed by atoms with van der Waals surface area (Å²) in [6.07, 6.45) is 1.62. The molecular formula is C15H10BrClN2O2S. The van der Waals surface area contributed by atoms with E-state index in [1.807, 2.05) is 12.1 Å². The van der Waals surface area contributed by atoms with Gasteiger partial charge < -0.3 is 0 Å². The summed E-state index contributed by atoms with van der Waals surface area (Å²) in [5.41, 5.74) is 0.999. The van der Waals surface area contributed by atoms with E-state index >= 15 is 0 Å². The molecule has 0 aliphatic heterocycles. The number of nitrogens with one attached hydrogen (secondary N) is 1. The molecule has 3 aromatic rings. The van der Waals surface area contributed by atoms with E-state index in [0.29, 0.717) is 15.7 Å². The number of aromatic nitrogens is 1. The van der Waals surface area contributed by atoms with Gasteiger partial charge in [0.2, 0.25) is 0 Å². The number of para-hydroxylation sites is 1. The summed E-state index contributed by atoms with van der Waals surface area (Å²) in [6, 6.07) is 13.6. The van der Waals surface area contributed by atoms with E-state index in [1.54, 1.807) is 30.5 Å². The fraction of sp³-hybridized carbons (Fsp3) is 0. The van der Waals surface area contributed by atoms with Crippen LogP contribution in [0.1, 0.15) is 0 Å². The Kier molecular flexibility index (Phi) is 4.08. The summed E-state index contributed by atoms with van der Waals surface area (Å²) in [5, 5.41) is 1.000. The van der Waals surface area contributed by atoms with Gasteiger partial charge in [-0.05, 0) is 30.3 Å². The number of anilines is 1. The van der Waals surface area contributed by atoms with E-state index < -0.39 is 10.0 Å². The molecule has 22 heavy (non-hydrogen) atoms.